The SMILES string of the molecule is COc1ccc(C(=O)c2cc3cc(F)ccc3s2)cc1. The lowest BCUT2D eigenvalue weighted by Crippen LogP contribution is -1.98. The highest BCUT2D eigenvalue weighted by Crippen LogP contribution is 2.28. The molecule has 1 heterocycles. The summed E-state index contributed by atoms with van der Waals surface area (Å²) in [6, 6.07) is 13.2. The van der Waals surface area contributed by atoms with Crippen LogP contribution in [0.2, 0.25) is 0 Å². The van der Waals surface area contributed by atoms with Crippen molar-refractivity contribution in [3.05, 3.63) is 64.8 Å². The summed E-state index contributed by atoms with van der Waals surface area (Å²) in [5.74, 6) is 0.355. The molecule has 0 saturated carbocycles. The molecular weight excluding hydrogens is 275 g/mol. The Bertz CT molecular complexity index is 775. The number of carbonyl (C=O) groups is 1. The van der Waals surface area contributed by atoms with Crippen molar-refractivity contribution in [1.29, 1.82) is 0 Å². The molecule has 0 atom stereocenters. The van der Waals surface area contributed by atoms with Gasteiger partial charge in [-0.1, -0.05) is 0 Å². The molecule has 0 N–H and O–H groups in total. The van der Waals surface area contributed by atoms with Crippen LogP contribution >= 0.6 is 11.3 Å². The van der Waals surface area contributed by atoms with Crippen molar-refractivity contribution < 1.29 is 13.9 Å². The number of methoxy groups -OCH3 is 1. The Kier molecular flexibility index (Phi) is 3.24. The maximum Gasteiger partial charge on any atom is 0.202 e. The highest BCUT2D eigenvalue weighted by atomic mass is 32.1. The van der Waals surface area contributed by atoms with Crippen LogP contribution in [0.4, 0.5) is 4.39 Å². The number of benzene rings is 2. The van der Waals surface area contributed by atoms with Gasteiger partial charge in [-0.25, -0.2) is 4.39 Å². The van der Waals surface area contributed by atoms with Crippen molar-refractivity contribution in [2.45, 2.75) is 0 Å². The van der Waals surface area contributed by atoms with Gasteiger partial charge in [0.25, 0.3) is 0 Å². The molecular formula is C16H11FO2S. The van der Waals surface area contributed by atoms with E-state index in [1.807, 2.05) is 0 Å². The molecule has 0 unspecified atom stereocenters. The third kappa shape index (κ3) is 2.30. The quantitative estimate of drug-likeness (QED) is 0.672. The first kappa shape index (κ1) is 12.8. The summed E-state index contributed by atoms with van der Waals surface area (Å²) in [5, 5.41) is 0.756. The number of ketones is 1. The van der Waals surface area contributed by atoms with Gasteiger partial charge in [0.05, 0.1) is 12.0 Å². The fourth-order valence-electron chi connectivity index (χ4n) is 2.01. The van der Waals surface area contributed by atoms with E-state index in [9.17, 15) is 9.18 Å². The second-order valence-electron chi connectivity index (χ2n) is 4.35. The molecule has 0 bridgehead atoms. The lowest BCUT2D eigenvalue weighted by molar-refractivity contribution is 0.104. The number of thiophene rings is 1. The van der Waals surface area contributed by atoms with E-state index in [4.69, 9.17) is 4.74 Å². The van der Waals surface area contributed by atoms with E-state index in [1.54, 1.807) is 43.5 Å². The van der Waals surface area contributed by atoms with Gasteiger partial charge in [0.1, 0.15) is 11.6 Å². The van der Waals surface area contributed by atoms with Crippen LogP contribution in [-0.4, -0.2) is 12.9 Å². The van der Waals surface area contributed by atoms with E-state index in [1.165, 1.54) is 23.5 Å². The van der Waals surface area contributed by atoms with Gasteiger partial charge in [-0.2, -0.15) is 0 Å². The molecule has 0 fully saturated rings. The van der Waals surface area contributed by atoms with Crippen molar-refractivity contribution in [2.75, 3.05) is 7.11 Å². The molecule has 2 nitrogen and oxygen atoms in total. The average molecular weight is 286 g/mol. The lowest BCUT2D eigenvalue weighted by atomic mass is 10.1. The number of carbonyl (C=O) groups excluding carboxylic acids is 1. The summed E-state index contributed by atoms with van der Waals surface area (Å²) in [6.07, 6.45) is 0. The van der Waals surface area contributed by atoms with Gasteiger partial charge in [-0.05, 0) is 53.9 Å². The van der Waals surface area contributed by atoms with Crippen LogP contribution in [0.25, 0.3) is 10.1 Å². The first-order valence-corrected chi connectivity index (χ1v) is 6.87. The normalized spacial score (nSPS) is 10.7. The number of hydrogen-bond acceptors (Lipinski definition) is 3. The third-order valence-corrected chi connectivity index (χ3v) is 4.17. The molecule has 2 aromatic carbocycles. The summed E-state index contributed by atoms with van der Waals surface area (Å²) >= 11 is 1.37. The third-order valence-electron chi connectivity index (χ3n) is 3.05. The van der Waals surface area contributed by atoms with Gasteiger partial charge in [0.15, 0.2) is 0 Å². The Hall–Kier alpha value is -2.20. The second-order valence-corrected chi connectivity index (χ2v) is 5.43. The average Bonchev–Trinajstić information content (AvgIpc) is 2.89. The van der Waals surface area contributed by atoms with Crippen LogP contribution < -0.4 is 4.74 Å². The monoisotopic (exact) mass is 286 g/mol. The maximum absolute atomic E-state index is 13.2. The van der Waals surface area contributed by atoms with Crippen LogP contribution in [0, 0.1) is 5.82 Å². The van der Waals surface area contributed by atoms with Crippen molar-refractivity contribution in [2.24, 2.45) is 0 Å². The zero-order valence-electron chi connectivity index (χ0n) is 10.7. The molecule has 3 aromatic rings. The van der Waals surface area contributed by atoms with Crippen molar-refractivity contribution >= 4 is 27.2 Å². The van der Waals surface area contributed by atoms with Crippen LogP contribution in [0.5, 0.6) is 5.75 Å². The molecule has 1 aromatic heterocycles. The lowest BCUT2D eigenvalue weighted by Gasteiger charge is -2.01. The number of hydrogen-bond donors (Lipinski definition) is 0. The molecule has 0 aliphatic heterocycles. The predicted molar refractivity (Wildman–Crippen MR) is 78.2 cm³/mol. The second kappa shape index (κ2) is 5.06. The minimum absolute atomic E-state index is 0.0609. The van der Waals surface area contributed by atoms with Crippen LogP contribution in [-0.2, 0) is 0 Å². The van der Waals surface area contributed by atoms with Gasteiger partial charge in [-0.3, -0.25) is 4.79 Å². The Morgan fingerprint density at radius 1 is 1.10 bits per heavy atom. The minimum Gasteiger partial charge on any atom is -0.497 e. The van der Waals surface area contributed by atoms with Crippen molar-refractivity contribution in [1.82, 2.24) is 0 Å². The summed E-state index contributed by atoms with van der Waals surface area (Å²) in [5.41, 5.74) is 0.595. The number of halogens is 1. The van der Waals surface area contributed by atoms with E-state index in [2.05, 4.69) is 0 Å². The van der Waals surface area contributed by atoms with Gasteiger partial charge in [0, 0.05) is 10.3 Å². The van der Waals surface area contributed by atoms with Gasteiger partial charge >= 0.3 is 0 Å². The molecule has 3 rings (SSSR count). The summed E-state index contributed by atoms with van der Waals surface area (Å²) in [7, 11) is 1.58. The Labute approximate surface area is 119 Å². The molecule has 4 heteroatoms. The highest BCUT2D eigenvalue weighted by molar-refractivity contribution is 7.21. The van der Waals surface area contributed by atoms with Crippen LogP contribution in [0.15, 0.2) is 48.5 Å². The van der Waals surface area contributed by atoms with E-state index < -0.39 is 0 Å². The fourth-order valence-corrected chi connectivity index (χ4v) is 3.02. The number of rotatable bonds is 3. The van der Waals surface area contributed by atoms with E-state index in [-0.39, 0.29) is 11.6 Å². The van der Waals surface area contributed by atoms with E-state index >= 15 is 0 Å². The maximum atomic E-state index is 13.2. The number of fused-ring (bicyclic) bond motifs is 1. The molecule has 100 valence electrons. The minimum atomic E-state index is -0.293. The van der Waals surface area contributed by atoms with E-state index in [0.717, 1.165) is 10.1 Å². The predicted octanol–water partition coefficient (Wildman–Crippen LogP) is 4.28. The van der Waals surface area contributed by atoms with Crippen LogP contribution in [0.3, 0.4) is 0 Å². The zero-order chi connectivity index (χ0) is 14.1. The first-order chi connectivity index (χ1) is 9.67. The Morgan fingerprint density at radius 3 is 2.55 bits per heavy atom. The van der Waals surface area contributed by atoms with Crippen LogP contribution in [0.1, 0.15) is 15.2 Å². The Morgan fingerprint density at radius 2 is 1.85 bits per heavy atom. The molecule has 0 amide bonds. The Balaban J connectivity index is 1.98. The zero-order valence-corrected chi connectivity index (χ0v) is 11.5. The number of ether oxygens (including phenoxy) is 1. The molecule has 0 spiro atoms. The standard InChI is InChI=1S/C16H11FO2S/c1-19-13-5-2-10(3-6-13)16(18)15-9-11-8-12(17)4-7-14(11)20-15/h2-9H,1H3. The topological polar surface area (TPSA) is 26.3 Å². The molecule has 0 aliphatic carbocycles. The molecule has 0 radical (unpaired) electrons. The van der Waals surface area contributed by atoms with Crippen molar-refractivity contribution in [3.63, 3.8) is 0 Å². The summed E-state index contributed by atoms with van der Waals surface area (Å²) < 4.78 is 19.1. The summed E-state index contributed by atoms with van der Waals surface area (Å²) in [4.78, 5) is 13.0. The molecule has 20 heavy (non-hydrogen) atoms. The smallest absolute Gasteiger partial charge is 0.202 e. The van der Waals surface area contributed by atoms with E-state index in [0.29, 0.717) is 16.2 Å². The molecule has 0 saturated heterocycles. The van der Waals surface area contributed by atoms with Gasteiger partial charge in [0.2, 0.25) is 5.78 Å². The largest absolute Gasteiger partial charge is 0.497 e. The molecule has 0 aliphatic rings. The van der Waals surface area contributed by atoms with Gasteiger partial charge < -0.3 is 4.74 Å². The first-order valence-electron chi connectivity index (χ1n) is 6.05. The highest BCUT2D eigenvalue weighted by Gasteiger charge is 2.13. The van der Waals surface area contributed by atoms with Crippen molar-refractivity contribution in [3.8, 4) is 5.75 Å². The van der Waals surface area contributed by atoms with Gasteiger partial charge in [-0.15, -0.1) is 11.3 Å². The summed E-state index contributed by atoms with van der Waals surface area (Å²) in [6.45, 7) is 0. The fraction of sp³-hybridized carbons (Fsp3) is 0.0625.